The van der Waals surface area contributed by atoms with Gasteiger partial charge in [-0.15, -0.1) is 0 Å². The second-order valence-electron chi connectivity index (χ2n) is 4.55. The van der Waals surface area contributed by atoms with Gasteiger partial charge in [0.1, 0.15) is 0 Å². The van der Waals surface area contributed by atoms with E-state index in [1.807, 2.05) is 13.8 Å². The Kier molecular flexibility index (Phi) is 3.89. The van der Waals surface area contributed by atoms with E-state index in [9.17, 15) is 4.79 Å². The van der Waals surface area contributed by atoms with Gasteiger partial charge >= 0.3 is 0 Å². The second-order valence-corrected chi connectivity index (χ2v) is 4.55. The zero-order valence-corrected chi connectivity index (χ0v) is 8.97. The Morgan fingerprint density at radius 3 is 2.64 bits per heavy atom. The summed E-state index contributed by atoms with van der Waals surface area (Å²) in [7, 11) is 0. The molecule has 0 aromatic rings. The Morgan fingerprint density at radius 1 is 1.50 bits per heavy atom. The number of hydrogen-bond donors (Lipinski definition) is 3. The zero-order valence-electron chi connectivity index (χ0n) is 8.97. The minimum Gasteiger partial charge on any atom is -0.396 e. The van der Waals surface area contributed by atoms with Crippen LogP contribution in [0.5, 0.6) is 0 Å². The number of nitrogens with one attached hydrogen (secondary N) is 2. The van der Waals surface area contributed by atoms with Crippen LogP contribution in [0.1, 0.15) is 33.1 Å². The molecule has 0 unspecified atom stereocenters. The van der Waals surface area contributed by atoms with E-state index in [-0.39, 0.29) is 18.1 Å². The zero-order chi connectivity index (χ0) is 10.6. The van der Waals surface area contributed by atoms with Gasteiger partial charge in [-0.05, 0) is 33.1 Å². The molecule has 1 aliphatic rings. The number of carbonyl (C=O) groups excluding carboxylic acids is 1. The second kappa shape index (κ2) is 4.75. The molecule has 1 amide bonds. The Bertz CT molecular complexity index is 200. The largest absolute Gasteiger partial charge is 0.396 e. The summed E-state index contributed by atoms with van der Waals surface area (Å²) in [5.41, 5.74) is -0.171. The van der Waals surface area contributed by atoms with Gasteiger partial charge in [0, 0.05) is 18.2 Å². The molecule has 1 saturated carbocycles. The van der Waals surface area contributed by atoms with Crippen LogP contribution in [0, 0.1) is 0 Å². The van der Waals surface area contributed by atoms with Crippen molar-refractivity contribution in [2.75, 3.05) is 13.2 Å². The van der Waals surface area contributed by atoms with Crippen LogP contribution in [0.15, 0.2) is 0 Å². The number of aliphatic hydroxyl groups is 1. The van der Waals surface area contributed by atoms with Crippen LogP contribution in [-0.4, -0.2) is 35.7 Å². The number of aliphatic hydroxyl groups excluding tert-OH is 1. The lowest BCUT2D eigenvalue weighted by Crippen LogP contribution is -2.46. The van der Waals surface area contributed by atoms with E-state index in [0.29, 0.717) is 19.0 Å². The van der Waals surface area contributed by atoms with Crippen molar-refractivity contribution < 1.29 is 9.90 Å². The van der Waals surface area contributed by atoms with Gasteiger partial charge in [0.05, 0.1) is 6.54 Å². The van der Waals surface area contributed by atoms with E-state index in [0.717, 1.165) is 12.8 Å². The Balaban J connectivity index is 2.13. The van der Waals surface area contributed by atoms with E-state index in [1.165, 1.54) is 0 Å². The molecule has 1 aliphatic carbocycles. The molecule has 0 aromatic carbocycles. The summed E-state index contributed by atoms with van der Waals surface area (Å²) in [5.74, 6) is 0.0542. The van der Waals surface area contributed by atoms with Gasteiger partial charge in [-0.2, -0.15) is 0 Å². The maximum Gasteiger partial charge on any atom is 0.234 e. The van der Waals surface area contributed by atoms with Gasteiger partial charge in [0.15, 0.2) is 0 Å². The van der Waals surface area contributed by atoms with Gasteiger partial charge in [-0.3, -0.25) is 4.79 Å². The van der Waals surface area contributed by atoms with Crippen molar-refractivity contribution in [2.45, 2.75) is 44.7 Å². The summed E-state index contributed by atoms with van der Waals surface area (Å²) in [6.07, 6.45) is 2.89. The monoisotopic (exact) mass is 200 g/mol. The standard InChI is InChI=1S/C10H20N2O2/c1-10(2,5-6-13)11-7-9(14)12-8-3-4-8/h8,11,13H,3-7H2,1-2H3,(H,12,14). The molecule has 0 heterocycles. The van der Waals surface area contributed by atoms with E-state index in [4.69, 9.17) is 5.11 Å². The van der Waals surface area contributed by atoms with Crippen molar-refractivity contribution in [3.05, 3.63) is 0 Å². The van der Waals surface area contributed by atoms with Crippen LogP contribution in [-0.2, 0) is 4.79 Å². The van der Waals surface area contributed by atoms with Crippen molar-refractivity contribution in [3.63, 3.8) is 0 Å². The molecular weight excluding hydrogens is 180 g/mol. The molecule has 0 spiro atoms. The lowest BCUT2D eigenvalue weighted by atomic mass is 10.0. The fourth-order valence-electron chi connectivity index (χ4n) is 1.19. The first-order valence-electron chi connectivity index (χ1n) is 5.19. The molecular formula is C10H20N2O2. The predicted octanol–water partition coefficient (Wildman–Crippen LogP) is 0.0156. The highest BCUT2D eigenvalue weighted by Gasteiger charge is 2.24. The molecule has 0 bridgehead atoms. The van der Waals surface area contributed by atoms with Crippen LogP contribution in [0.3, 0.4) is 0 Å². The highest BCUT2D eigenvalue weighted by Crippen LogP contribution is 2.18. The number of rotatable bonds is 6. The molecule has 82 valence electrons. The van der Waals surface area contributed by atoms with Crippen LogP contribution in [0.4, 0.5) is 0 Å². The van der Waals surface area contributed by atoms with Crippen molar-refractivity contribution in [3.8, 4) is 0 Å². The molecule has 3 N–H and O–H groups in total. The smallest absolute Gasteiger partial charge is 0.234 e. The quantitative estimate of drug-likeness (QED) is 0.566. The van der Waals surface area contributed by atoms with Crippen LogP contribution >= 0.6 is 0 Å². The minimum atomic E-state index is -0.171. The highest BCUT2D eigenvalue weighted by atomic mass is 16.3. The van der Waals surface area contributed by atoms with Crippen LogP contribution in [0.25, 0.3) is 0 Å². The van der Waals surface area contributed by atoms with Gasteiger partial charge in [0.25, 0.3) is 0 Å². The molecule has 14 heavy (non-hydrogen) atoms. The minimum absolute atomic E-state index is 0.0542. The molecule has 0 saturated heterocycles. The molecule has 0 aliphatic heterocycles. The predicted molar refractivity (Wildman–Crippen MR) is 54.9 cm³/mol. The maximum atomic E-state index is 11.3. The third-order valence-electron chi connectivity index (χ3n) is 2.41. The SMILES string of the molecule is CC(C)(CCO)NCC(=O)NC1CC1. The maximum absolute atomic E-state index is 11.3. The van der Waals surface area contributed by atoms with E-state index in [2.05, 4.69) is 10.6 Å². The lowest BCUT2D eigenvalue weighted by molar-refractivity contribution is -0.120. The number of hydrogen-bond acceptors (Lipinski definition) is 3. The first-order chi connectivity index (χ1) is 6.53. The highest BCUT2D eigenvalue weighted by molar-refractivity contribution is 5.78. The molecule has 0 radical (unpaired) electrons. The third kappa shape index (κ3) is 4.58. The summed E-state index contributed by atoms with van der Waals surface area (Å²) in [6, 6.07) is 0.422. The third-order valence-corrected chi connectivity index (χ3v) is 2.41. The summed E-state index contributed by atoms with van der Waals surface area (Å²) < 4.78 is 0. The fourth-order valence-corrected chi connectivity index (χ4v) is 1.19. The van der Waals surface area contributed by atoms with Gasteiger partial charge in [-0.1, -0.05) is 0 Å². The molecule has 1 rings (SSSR count). The first-order valence-corrected chi connectivity index (χ1v) is 5.19. The fraction of sp³-hybridized carbons (Fsp3) is 0.900. The summed E-state index contributed by atoms with van der Waals surface area (Å²) in [6.45, 7) is 4.44. The topological polar surface area (TPSA) is 61.4 Å². The van der Waals surface area contributed by atoms with E-state index < -0.39 is 0 Å². The number of amides is 1. The van der Waals surface area contributed by atoms with Crippen molar-refractivity contribution in [1.29, 1.82) is 0 Å². The summed E-state index contributed by atoms with van der Waals surface area (Å²) in [5, 5.41) is 14.8. The van der Waals surface area contributed by atoms with Gasteiger partial charge < -0.3 is 15.7 Å². The summed E-state index contributed by atoms with van der Waals surface area (Å²) in [4.78, 5) is 11.3. The molecule has 4 nitrogen and oxygen atoms in total. The average molecular weight is 200 g/mol. The molecule has 0 atom stereocenters. The van der Waals surface area contributed by atoms with Crippen molar-refractivity contribution in [2.24, 2.45) is 0 Å². The van der Waals surface area contributed by atoms with Crippen molar-refractivity contribution >= 4 is 5.91 Å². The molecule has 0 aromatic heterocycles. The first kappa shape index (κ1) is 11.5. The average Bonchev–Trinajstić information content (AvgIpc) is 2.85. The van der Waals surface area contributed by atoms with Crippen LogP contribution < -0.4 is 10.6 Å². The van der Waals surface area contributed by atoms with Gasteiger partial charge in [-0.25, -0.2) is 0 Å². The summed E-state index contributed by atoms with van der Waals surface area (Å²) >= 11 is 0. The normalized spacial score (nSPS) is 16.8. The van der Waals surface area contributed by atoms with Crippen molar-refractivity contribution in [1.82, 2.24) is 10.6 Å². The molecule has 4 heteroatoms. The Hall–Kier alpha value is -0.610. The number of carbonyl (C=O) groups is 1. The lowest BCUT2D eigenvalue weighted by Gasteiger charge is -2.25. The van der Waals surface area contributed by atoms with Gasteiger partial charge in [0.2, 0.25) is 5.91 Å². The van der Waals surface area contributed by atoms with E-state index in [1.54, 1.807) is 0 Å². The Morgan fingerprint density at radius 2 is 2.14 bits per heavy atom. The van der Waals surface area contributed by atoms with Crippen LogP contribution in [0.2, 0.25) is 0 Å². The molecule has 1 fully saturated rings. The Labute approximate surface area is 85.1 Å². The van der Waals surface area contributed by atoms with E-state index >= 15 is 0 Å².